The molecule has 1 aliphatic rings. The number of fused-ring (bicyclic) bond motifs is 1. The summed E-state index contributed by atoms with van der Waals surface area (Å²) in [6, 6.07) is 7.38. The number of amides is 1. The monoisotopic (exact) mass is 315 g/mol. The zero-order chi connectivity index (χ0) is 16.4. The van der Waals surface area contributed by atoms with E-state index < -0.39 is 11.1 Å². The molecule has 2 aromatic rings. The molecule has 0 radical (unpaired) electrons. The van der Waals surface area contributed by atoms with E-state index >= 15 is 0 Å². The molecule has 1 amide bonds. The predicted octanol–water partition coefficient (Wildman–Crippen LogP) is 1.24. The van der Waals surface area contributed by atoms with E-state index in [1.165, 1.54) is 9.13 Å². The van der Waals surface area contributed by atoms with Crippen molar-refractivity contribution in [2.45, 2.75) is 51.7 Å². The first kappa shape index (κ1) is 15.5. The summed E-state index contributed by atoms with van der Waals surface area (Å²) < 4.78 is 2.73. The third kappa shape index (κ3) is 2.93. The second-order valence-electron chi connectivity index (χ2n) is 5.98. The second kappa shape index (κ2) is 6.40. The smallest absolute Gasteiger partial charge is 0.317 e. The van der Waals surface area contributed by atoms with Gasteiger partial charge in [0.1, 0.15) is 6.54 Å². The number of nitrogens with one attached hydrogen (secondary N) is 1. The lowest BCUT2D eigenvalue weighted by molar-refractivity contribution is -0.122. The van der Waals surface area contributed by atoms with Crippen molar-refractivity contribution in [3.8, 4) is 0 Å². The first-order valence-electron chi connectivity index (χ1n) is 8.13. The Morgan fingerprint density at radius 1 is 1.09 bits per heavy atom. The van der Waals surface area contributed by atoms with Crippen LogP contribution in [0.2, 0.25) is 0 Å². The van der Waals surface area contributed by atoms with Gasteiger partial charge in [0, 0.05) is 12.6 Å². The van der Waals surface area contributed by atoms with Crippen LogP contribution in [0.5, 0.6) is 0 Å². The van der Waals surface area contributed by atoms with Crippen LogP contribution in [0.1, 0.15) is 32.6 Å². The topological polar surface area (TPSA) is 73.1 Å². The quantitative estimate of drug-likeness (QED) is 0.863. The summed E-state index contributed by atoms with van der Waals surface area (Å²) in [7, 11) is 0. The van der Waals surface area contributed by atoms with Crippen LogP contribution < -0.4 is 16.4 Å². The molecule has 0 bridgehead atoms. The van der Waals surface area contributed by atoms with E-state index in [9.17, 15) is 14.4 Å². The summed E-state index contributed by atoms with van der Waals surface area (Å²) in [6.07, 6.45) is 4.22. The average Bonchev–Trinajstić information content (AvgIpc) is 3.05. The maximum Gasteiger partial charge on any atom is 0.317 e. The highest BCUT2D eigenvalue weighted by atomic mass is 16.2. The van der Waals surface area contributed by atoms with Crippen molar-refractivity contribution in [2.24, 2.45) is 0 Å². The molecule has 0 saturated heterocycles. The molecule has 1 aromatic heterocycles. The Labute approximate surface area is 133 Å². The summed E-state index contributed by atoms with van der Waals surface area (Å²) >= 11 is 0. The number of aromatic nitrogens is 2. The van der Waals surface area contributed by atoms with Crippen LogP contribution >= 0.6 is 0 Å². The maximum atomic E-state index is 12.4. The van der Waals surface area contributed by atoms with Gasteiger partial charge in [0.15, 0.2) is 0 Å². The molecule has 6 heteroatoms. The largest absolute Gasteiger partial charge is 0.352 e. The lowest BCUT2D eigenvalue weighted by Gasteiger charge is -2.16. The van der Waals surface area contributed by atoms with Crippen molar-refractivity contribution in [1.29, 1.82) is 0 Å². The lowest BCUT2D eigenvalue weighted by Crippen LogP contribution is -2.44. The minimum absolute atomic E-state index is 0.115. The van der Waals surface area contributed by atoms with Gasteiger partial charge >= 0.3 is 11.1 Å². The van der Waals surface area contributed by atoms with Crippen LogP contribution in [0.3, 0.4) is 0 Å². The minimum atomic E-state index is -0.646. The number of carbonyl (C=O) groups is 1. The summed E-state index contributed by atoms with van der Waals surface area (Å²) in [5.41, 5.74) is 0.0563. The van der Waals surface area contributed by atoms with Crippen LogP contribution in [0.25, 0.3) is 11.0 Å². The molecule has 0 spiro atoms. The molecule has 0 unspecified atom stereocenters. The lowest BCUT2D eigenvalue weighted by atomic mass is 10.2. The molecule has 1 fully saturated rings. The molecule has 1 saturated carbocycles. The summed E-state index contributed by atoms with van der Waals surface area (Å²) in [5, 5.41) is 2.96. The van der Waals surface area contributed by atoms with E-state index in [-0.39, 0.29) is 18.5 Å². The van der Waals surface area contributed by atoms with Crippen molar-refractivity contribution in [2.75, 3.05) is 0 Å². The Bertz CT molecular complexity index is 844. The molecule has 0 atom stereocenters. The first-order chi connectivity index (χ1) is 11.1. The van der Waals surface area contributed by atoms with Crippen LogP contribution in [0, 0.1) is 0 Å². The fourth-order valence-corrected chi connectivity index (χ4v) is 3.33. The van der Waals surface area contributed by atoms with Crippen molar-refractivity contribution >= 4 is 16.9 Å². The number of carbonyl (C=O) groups excluding carboxylic acids is 1. The number of aryl methyl sites for hydroxylation is 1. The minimum Gasteiger partial charge on any atom is -0.352 e. The van der Waals surface area contributed by atoms with Crippen LogP contribution in [0.15, 0.2) is 33.9 Å². The molecule has 23 heavy (non-hydrogen) atoms. The Hall–Kier alpha value is -2.37. The van der Waals surface area contributed by atoms with Crippen LogP contribution in [-0.4, -0.2) is 21.1 Å². The molecule has 1 aromatic carbocycles. The third-order valence-corrected chi connectivity index (χ3v) is 4.47. The van der Waals surface area contributed by atoms with E-state index in [0.29, 0.717) is 17.6 Å². The molecule has 122 valence electrons. The highest BCUT2D eigenvalue weighted by molar-refractivity contribution is 5.80. The molecule has 1 N–H and O–H groups in total. The molecule has 1 aliphatic carbocycles. The average molecular weight is 315 g/mol. The zero-order valence-corrected chi connectivity index (χ0v) is 13.2. The van der Waals surface area contributed by atoms with Gasteiger partial charge in [0.05, 0.1) is 11.0 Å². The van der Waals surface area contributed by atoms with E-state index in [0.717, 1.165) is 25.7 Å². The fourth-order valence-electron chi connectivity index (χ4n) is 3.33. The molecular formula is C17H21N3O3. The highest BCUT2D eigenvalue weighted by Crippen LogP contribution is 2.17. The van der Waals surface area contributed by atoms with Gasteiger partial charge < -0.3 is 9.88 Å². The van der Waals surface area contributed by atoms with Gasteiger partial charge in [-0.05, 0) is 31.9 Å². The summed E-state index contributed by atoms with van der Waals surface area (Å²) in [4.78, 5) is 36.9. The van der Waals surface area contributed by atoms with Crippen molar-refractivity contribution in [3.63, 3.8) is 0 Å². The Balaban J connectivity index is 2.00. The van der Waals surface area contributed by atoms with Gasteiger partial charge in [-0.2, -0.15) is 0 Å². The number of hydrogen-bond donors (Lipinski definition) is 1. The number of rotatable bonds is 4. The Morgan fingerprint density at radius 3 is 2.26 bits per heavy atom. The van der Waals surface area contributed by atoms with Crippen LogP contribution in [-0.2, 0) is 17.9 Å². The fraction of sp³-hybridized carbons (Fsp3) is 0.471. The normalized spacial score (nSPS) is 15.2. The SMILES string of the molecule is CCn1c(=O)c(=O)n(CC(=O)NC2CCCC2)c2ccccc21. The predicted molar refractivity (Wildman–Crippen MR) is 88.5 cm³/mol. The van der Waals surface area contributed by atoms with Gasteiger partial charge in [-0.3, -0.25) is 19.0 Å². The van der Waals surface area contributed by atoms with Gasteiger partial charge in [-0.25, -0.2) is 0 Å². The van der Waals surface area contributed by atoms with Crippen LogP contribution in [0.4, 0.5) is 0 Å². The zero-order valence-electron chi connectivity index (χ0n) is 13.2. The van der Waals surface area contributed by atoms with E-state index in [1.54, 1.807) is 18.2 Å². The molecule has 3 rings (SSSR count). The number of nitrogens with zero attached hydrogens (tertiary/aromatic N) is 2. The molecule has 0 aliphatic heterocycles. The first-order valence-corrected chi connectivity index (χ1v) is 8.13. The van der Waals surface area contributed by atoms with Gasteiger partial charge in [-0.1, -0.05) is 25.0 Å². The van der Waals surface area contributed by atoms with Gasteiger partial charge in [0.2, 0.25) is 5.91 Å². The summed E-state index contributed by atoms with van der Waals surface area (Å²) in [6.45, 7) is 2.13. The van der Waals surface area contributed by atoms with Gasteiger partial charge in [0.25, 0.3) is 0 Å². The second-order valence-corrected chi connectivity index (χ2v) is 5.98. The third-order valence-electron chi connectivity index (χ3n) is 4.47. The van der Waals surface area contributed by atoms with Crippen molar-refractivity contribution in [1.82, 2.24) is 14.5 Å². The summed E-state index contributed by atoms with van der Waals surface area (Å²) in [5.74, 6) is -0.210. The van der Waals surface area contributed by atoms with Crippen molar-refractivity contribution in [3.05, 3.63) is 45.0 Å². The highest BCUT2D eigenvalue weighted by Gasteiger charge is 2.19. The van der Waals surface area contributed by atoms with Crippen molar-refractivity contribution < 1.29 is 4.79 Å². The Kier molecular flexibility index (Phi) is 4.32. The number of hydrogen-bond acceptors (Lipinski definition) is 3. The molecule has 6 nitrogen and oxygen atoms in total. The van der Waals surface area contributed by atoms with Gasteiger partial charge in [-0.15, -0.1) is 0 Å². The maximum absolute atomic E-state index is 12.4. The Morgan fingerprint density at radius 2 is 1.65 bits per heavy atom. The van der Waals surface area contributed by atoms with E-state index in [4.69, 9.17) is 0 Å². The number of para-hydroxylation sites is 2. The van der Waals surface area contributed by atoms with E-state index in [1.807, 2.05) is 13.0 Å². The van der Waals surface area contributed by atoms with E-state index in [2.05, 4.69) is 5.32 Å². The number of benzene rings is 1. The molecular weight excluding hydrogens is 294 g/mol. The molecule has 1 heterocycles. The standard InChI is InChI=1S/C17H21N3O3/c1-2-19-13-9-5-6-10-14(13)20(17(23)16(19)22)11-15(21)18-12-7-3-4-8-12/h5-6,9-10,12H,2-4,7-8,11H2,1H3,(H,18,21).